The van der Waals surface area contributed by atoms with E-state index in [1.165, 1.54) is 10.4 Å². The van der Waals surface area contributed by atoms with Gasteiger partial charge in [-0.1, -0.05) is 36.4 Å². The molecule has 1 aromatic carbocycles. The predicted octanol–water partition coefficient (Wildman–Crippen LogP) is 3.89. The molecule has 0 atom stereocenters. The number of thiazole rings is 1. The topological polar surface area (TPSA) is 41.5 Å². The van der Waals surface area contributed by atoms with Crippen molar-refractivity contribution in [2.75, 3.05) is 31.2 Å². The number of benzene rings is 1. The van der Waals surface area contributed by atoms with Gasteiger partial charge in [0.2, 0.25) is 0 Å². The third-order valence-electron chi connectivity index (χ3n) is 4.78. The number of hydrogen-bond donors (Lipinski definition) is 0. The molecule has 2 aromatic heterocycles. The van der Waals surface area contributed by atoms with E-state index in [4.69, 9.17) is 9.72 Å². The van der Waals surface area contributed by atoms with Gasteiger partial charge in [-0.05, 0) is 24.6 Å². The van der Waals surface area contributed by atoms with Crippen molar-refractivity contribution in [3.8, 4) is 0 Å². The van der Waals surface area contributed by atoms with E-state index >= 15 is 0 Å². The van der Waals surface area contributed by atoms with Gasteiger partial charge in [0.1, 0.15) is 0 Å². The Balaban J connectivity index is 1.49. The fraction of sp³-hybridized carbons (Fsp3) is 0.364. The Bertz CT molecular complexity index is 877. The molecule has 0 unspecified atom stereocenters. The molecule has 4 rings (SSSR count). The second-order valence-corrected chi connectivity index (χ2v) is 8.20. The van der Waals surface area contributed by atoms with Crippen molar-refractivity contribution in [1.82, 2.24) is 14.9 Å². The summed E-state index contributed by atoms with van der Waals surface area (Å²) in [7, 11) is 0. The predicted molar refractivity (Wildman–Crippen MR) is 114 cm³/mol. The van der Waals surface area contributed by atoms with Gasteiger partial charge in [-0.15, -0.1) is 11.3 Å². The molecule has 3 aromatic rings. The fourth-order valence-corrected chi connectivity index (χ4v) is 4.42. The lowest BCUT2D eigenvalue weighted by Gasteiger charge is -2.26. The maximum atomic E-state index is 5.45. The molecule has 1 saturated heterocycles. The Kier molecular flexibility index (Phi) is 6.31. The lowest BCUT2D eigenvalue weighted by molar-refractivity contribution is 0.122. The van der Waals surface area contributed by atoms with E-state index in [1.807, 2.05) is 19.2 Å². The second-order valence-electron chi connectivity index (χ2n) is 7.11. The summed E-state index contributed by atoms with van der Waals surface area (Å²) in [6, 6.07) is 16.9. The molecular weight excluding hydrogens is 368 g/mol. The highest BCUT2D eigenvalue weighted by Gasteiger charge is 2.16. The Morgan fingerprint density at radius 1 is 1.00 bits per heavy atom. The largest absolute Gasteiger partial charge is 0.378 e. The number of pyridine rings is 1. The minimum atomic E-state index is 0.786. The first kappa shape index (κ1) is 19.1. The van der Waals surface area contributed by atoms with Crippen LogP contribution in [-0.2, 0) is 24.4 Å². The second kappa shape index (κ2) is 9.28. The fourth-order valence-electron chi connectivity index (χ4n) is 3.42. The first-order valence-corrected chi connectivity index (χ1v) is 10.5. The van der Waals surface area contributed by atoms with Gasteiger partial charge in [-0.2, -0.15) is 0 Å². The molecule has 0 bridgehead atoms. The highest BCUT2D eigenvalue weighted by molar-refractivity contribution is 7.15. The summed E-state index contributed by atoms with van der Waals surface area (Å²) in [4.78, 5) is 15.4. The first-order valence-electron chi connectivity index (χ1n) is 9.72. The van der Waals surface area contributed by atoms with Crippen LogP contribution in [0, 0.1) is 6.92 Å². The van der Waals surface area contributed by atoms with E-state index in [9.17, 15) is 0 Å². The van der Waals surface area contributed by atoms with Gasteiger partial charge < -0.3 is 9.64 Å². The Morgan fingerprint density at radius 3 is 2.61 bits per heavy atom. The van der Waals surface area contributed by atoms with Gasteiger partial charge >= 0.3 is 0 Å². The standard InChI is InChI=1S/C22H26N4OS/c1-18-6-5-9-20(24-18)16-25(15-19-7-3-2-4-8-19)17-21-14-23-22(28-21)26-10-12-27-13-11-26/h2-9,14H,10-13,15-17H2,1H3. The van der Waals surface area contributed by atoms with E-state index in [0.717, 1.165) is 62.5 Å². The number of ether oxygens (including phenoxy) is 1. The maximum absolute atomic E-state index is 5.45. The van der Waals surface area contributed by atoms with E-state index in [2.05, 4.69) is 57.2 Å². The molecular formula is C22H26N4OS. The van der Waals surface area contributed by atoms with Crippen molar-refractivity contribution in [2.24, 2.45) is 0 Å². The number of aromatic nitrogens is 2. The summed E-state index contributed by atoms with van der Waals surface area (Å²) in [5, 5.41) is 1.10. The van der Waals surface area contributed by atoms with E-state index in [0.29, 0.717) is 0 Å². The Labute approximate surface area is 170 Å². The summed E-state index contributed by atoms with van der Waals surface area (Å²) in [6.07, 6.45) is 2.02. The van der Waals surface area contributed by atoms with Gasteiger partial charge in [0, 0.05) is 49.5 Å². The normalized spacial score (nSPS) is 14.6. The van der Waals surface area contributed by atoms with Crippen LogP contribution in [0.25, 0.3) is 0 Å². The number of nitrogens with zero attached hydrogens (tertiary/aromatic N) is 4. The first-order chi connectivity index (χ1) is 13.8. The van der Waals surface area contributed by atoms with Crippen LogP contribution in [0.5, 0.6) is 0 Å². The van der Waals surface area contributed by atoms with Crippen LogP contribution in [0.3, 0.4) is 0 Å². The molecule has 1 fully saturated rings. The quantitative estimate of drug-likeness (QED) is 0.608. The van der Waals surface area contributed by atoms with Crippen LogP contribution in [0.4, 0.5) is 5.13 Å². The molecule has 0 aliphatic carbocycles. The van der Waals surface area contributed by atoms with Gasteiger partial charge in [0.15, 0.2) is 5.13 Å². The third kappa shape index (κ3) is 5.16. The van der Waals surface area contributed by atoms with Crippen LogP contribution >= 0.6 is 11.3 Å². The number of anilines is 1. The third-order valence-corrected chi connectivity index (χ3v) is 5.83. The van der Waals surface area contributed by atoms with Crippen molar-refractivity contribution in [1.29, 1.82) is 0 Å². The highest BCUT2D eigenvalue weighted by atomic mass is 32.1. The molecule has 1 aliphatic heterocycles. The van der Waals surface area contributed by atoms with Crippen LogP contribution in [0.15, 0.2) is 54.7 Å². The van der Waals surface area contributed by atoms with Crippen molar-refractivity contribution in [3.05, 3.63) is 76.6 Å². The number of aryl methyl sites for hydroxylation is 1. The SMILES string of the molecule is Cc1cccc(CN(Cc2ccccc2)Cc2cnc(N3CCOCC3)s2)n1. The van der Waals surface area contributed by atoms with E-state index < -0.39 is 0 Å². The zero-order valence-corrected chi connectivity index (χ0v) is 17.1. The number of morpholine rings is 1. The van der Waals surface area contributed by atoms with Crippen molar-refractivity contribution in [2.45, 2.75) is 26.6 Å². The number of rotatable bonds is 7. The minimum absolute atomic E-state index is 0.786. The van der Waals surface area contributed by atoms with Crippen molar-refractivity contribution >= 4 is 16.5 Å². The smallest absolute Gasteiger partial charge is 0.185 e. The van der Waals surface area contributed by atoms with Crippen LogP contribution in [-0.4, -0.2) is 41.2 Å². The van der Waals surface area contributed by atoms with Gasteiger partial charge in [-0.25, -0.2) is 4.98 Å². The van der Waals surface area contributed by atoms with Gasteiger partial charge in [0.05, 0.1) is 18.9 Å². The summed E-state index contributed by atoms with van der Waals surface area (Å²) < 4.78 is 5.45. The zero-order chi connectivity index (χ0) is 19.2. The highest BCUT2D eigenvalue weighted by Crippen LogP contribution is 2.25. The zero-order valence-electron chi connectivity index (χ0n) is 16.3. The molecule has 0 spiro atoms. The molecule has 0 N–H and O–H groups in total. The lowest BCUT2D eigenvalue weighted by Crippen LogP contribution is -2.36. The van der Waals surface area contributed by atoms with E-state index in [-0.39, 0.29) is 0 Å². The minimum Gasteiger partial charge on any atom is -0.378 e. The van der Waals surface area contributed by atoms with Crippen LogP contribution in [0.1, 0.15) is 21.8 Å². The molecule has 146 valence electrons. The molecule has 5 nitrogen and oxygen atoms in total. The molecule has 0 radical (unpaired) electrons. The molecule has 1 aliphatic rings. The summed E-state index contributed by atoms with van der Waals surface area (Å²) in [6.45, 7) is 8.04. The Morgan fingerprint density at radius 2 is 1.82 bits per heavy atom. The van der Waals surface area contributed by atoms with Crippen LogP contribution < -0.4 is 4.90 Å². The van der Waals surface area contributed by atoms with E-state index in [1.54, 1.807) is 11.3 Å². The molecule has 28 heavy (non-hydrogen) atoms. The summed E-state index contributed by atoms with van der Waals surface area (Å²) >= 11 is 1.79. The molecule has 6 heteroatoms. The Hall–Kier alpha value is -2.28. The van der Waals surface area contributed by atoms with Gasteiger partial charge in [0.25, 0.3) is 0 Å². The average Bonchev–Trinajstić information content (AvgIpc) is 3.18. The maximum Gasteiger partial charge on any atom is 0.185 e. The average molecular weight is 395 g/mol. The molecule has 3 heterocycles. The lowest BCUT2D eigenvalue weighted by atomic mass is 10.2. The summed E-state index contributed by atoms with van der Waals surface area (Å²) in [5.41, 5.74) is 3.48. The monoisotopic (exact) mass is 394 g/mol. The van der Waals surface area contributed by atoms with Crippen LogP contribution in [0.2, 0.25) is 0 Å². The summed E-state index contributed by atoms with van der Waals surface area (Å²) in [5.74, 6) is 0. The molecule has 0 saturated carbocycles. The van der Waals surface area contributed by atoms with Crippen molar-refractivity contribution in [3.63, 3.8) is 0 Å². The number of hydrogen-bond acceptors (Lipinski definition) is 6. The molecule has 0 amide bonds. The van der Waals surface area contributed by atoms with Gasteiger partial charge in [-0.3, -0.25) is 9.88 Å². The van der Waals surface area contributed by atoms with Crippen molar-refractivity contribution < 1.29 is 4.74 Å².